The minimum atomic E-state index is -4.70. The molecule has 5 aromatic rings. The lowest BCUT2D eigenvalue weighted by Crippen LogP contribution is -2.46. The highest BCUT2D eigenvalue weighted by atomic mass is 79.9. The van der Waals surface area contributed by atoms with Crippen LogP contribution in [0.2, 0.25) is 0 Å². The van der Waals surface area contributed by atoms with Crippen LogP contribution in [0.1, 0.15) is 45.5 Å². The van der Waals surface area contributed by atoms with Crippen molar-refractivity contribution in [3.8, 4) is 11.6 Å². The molecule has 1 aliphatic rings. The summed E-state index contributed by atoms with van der Waals surface area (Å²) in [5, 5.41) is 4.20. The van der Waals surface area contributed by atoms with Gasteiger partial charge in [-0.15, -0.1) is 0 Å². The molecule has 0 bridgehead atoms. The van der Waals surface area contributed by atoms with E-state index < -0.39 is 40.9 Å². The predicted molar refractivity (Wildman–Crippen MR) is 153 cm³/mol. The Labute approximate surface area is 254 Å². The molecular formula is C29H23BrF5N7O2. The van der Waals surface area contributed by atoms with Gasteiger partial charge in [0.1, 0.15) is 5.82 Å². The van der Waals surface area contributed by atoms with Crippen LogP contribution in [0, 0.1) is 25.5 Å². The molecule has 0 aliphatic carbocycles. The molecule has 1 amide bonds. The second kappa shape index (κ2) is 10.4. The molecule has 2 aromatic carbocycles. The van der Waals surface area contributed by atoms with Gasteiger partial charge in [-0.2, -0.15) is 18.3 Å². The van der Waals surface area contributed by atoms with E-state index in [0.29, 0.717) is 11.0 Å². The Morgan fingerprint density at radius 2 is 1.84 bits per heavy atom. The standard InChI is InChI=1S/C29H23BrF5N7O2/c1-13-7-17-22(11-40(13)26(43)16-5-6-19(30)18(8-16)29(33,34)35)37-28(42-15(3)25(32)14(2)38-42)41(27(17)44)23-10-21-24(9-20(23)31)39(4)12-36-21/h5-6,8-10,12-13H,7,11H2,1-4H3. The first-order valence-corrected chi connectivity index (χ1v) is 14.1. The SMILES string of the molecule is Cc1nn(-c2nc3c(c(=O)n2-c2cc4ncn(C)c4cc2F)CC(C)N(C(=O)c2ccc(Br)c(C(F)(F)F)c2)C3)c(C)c1F. The summed E-state index contributed by atoms with van der Waals surface area (Å²) in [4.78, 5) is 37.9. The first kappa shape index (κ1) is 29.7. The molecule has 1 atom stereocenters. The minimum absolute atomic E-state index is 0.00840. The summed E-state index contributed by atoms with van der Waals surface area (Å²) >= 11 is 2.88. The fourth-order valence-corrected chi connectivity index (χ4v) is 5.92. The van der Waals surface area contributed by atoms with Crippen LogP contribution in [0.15, 0.2) is 45.9 Å². The van der Waals surface area contributed by atoms with E-state index in [9.17, 15) is 27.2 Å². The first-order valence-electron chi connectivity index (χ1n) is 13.3. The third-order valence-corrected chi connectivity index (χ3v) is 8.49. The number of fused-ring (bicyclic) bond motifs is 2. The molecule has 0 fully saturated rings. The lowest BCUT2D eigenvalue weighted by atomic mass is 9.98. The van der Waals surface area contributed by atoms with Crippen molar-refractivity contribution in [3.63, 3.8) is 0 Å². The fourth-order valence-electron chi connectivity index (χ4n) is 5.45. The Bertz CT molecular complexity index is 2060. The number of benzene rings is 2. The van der Waals surface area contributed by atoms with E-state index in [1.54, 1.807) is 18.5 Å². The molecule has 44 heavy (non-hydrogen) atoms. The Balaban J connectivity index is 1.52. The number of nitrogens with zero attached hydrogens (tertiary/aromatic N) is 7. The van der Waals surface area contributed by atoms with Crippen molar-refractivity contribution in [1.82, 2.24) is 33.8 Å². The van der Waals surface area contributed by atoms with Crippen molar-refractivity contribution >= 4 is 32.9 Å². The number of amides is 1. The van der Waals surface area contributed by atoms with Gasteiger partial charge in [-0.05, 0) is 51.5 Å². The van der Waals surface area contributed by atoms with E-state index in [1.807, 2.05) is 0 Å². The summed E-state index contributed by atoms with van der Waals surface area (Å²) in [5.41, 5.74) is -0.824. The molecule has 0 saturated carbocycles. The third kappa shape index (κ3) is 4.69. The number of halogens is 6. The Hall–Kier alpha value is -4.40. The second-order valence-corrected chi connectivity index (χ2v) is 11.6. The van der Waals surface area contributed by atoms with Crippen molar-refractivity contribution in [2.75, 3.05) is 0 Å². The van der Waals surface area contributed by atoms with Gasteiger partial charge in [0, 0.05) is 34.8 Å². The van der Waals surface area contributed by atoms with Gasteiger partial charge < -0.3 is 9.47 Å². The van der Waals surface area contributed by atoms with Crippen LogP contribution in [0.5, 0.6) is 0 Å². The normalized spacial score (nSPS) is 15.2. The highest BCUT2D eigenvalue weighted by Crippen LogP contribution is 2.36. The number of aryl methyl sites for hydroxylation is 2. The van der Waals surface area contributed by atoms with E-state index in [1.165, 1.54) is 43.3 Å². The van der Waals surface area contributed by atoms with Gasteiger partial charge in [-0.25, -0.2) is 28.0 Å². The second-order valence-electron chi connectivity index (χ2n) is 10.7. The van der Waals surface area contributed by atoms with E-state index >= 15 is 4.39 Å². The average molecular weight is 676 g/mol. The van der Waals surface area contributed by atoms with Crippen LogP contribution < -0.4 is 5.56 Å². The van der Waals surface area contributed by atoms with Crippen molar-refractivity contribution in [3.05, 3.63) is 96.9 Å². The maximum Gasteiger partial charge on any atom is 0.417 e. The first-order chi connectivity index (χ1) is 20.7. The van der Waals surface area contributed by atoms with Gasteiger partial charge in [0.2, 0.25) is 5.95 Å². The molecule has 6 rings (SSSR count). The predicted octanol–water partition coefficient (Wildman–Crippen LogP) is 5.57. The molecule has 0 radical (unpaired) electrons. The highest BCUT2D eigenvalue weighted by molar-refractivity contribution is 9.10. The average Bonchev–Trinajstić information content (AvgIpc) is 3.45. The summed E-state index contributed by atoms with van der Waals surface area (Å²) in [5.74, 6) is -2.33. The van der Waals surface area contributed by atoms with Gasteiger partial charge in [0.25, 0.3) is 11.5 Å². The molecule has 9 nitrogen and oxygen atoms in total. The number of carbonyl (C=O) groups is 1. The van der Waals surface area contributed by atoms with Crippen molar-refractivity contribution < 1.29 is 26.7 Å². The van der Waals surface area contributed by atoms with Crippen molar-refractivity contribution in [2.45, 2.75) is 46.0 Å². The van der Waals surface area contributed by atoms with Gasteiger partial charge in [0.05, 0.1) is 52.2 Å². The monoisotopic (exact) mass is 675 g/mol. The lowest BCUT2D eigenvalue weighted by molar-refractivity contribution is -0.138. The number of imidazole rings is 1. The number of aromatic nitrogens is 6. The number of carbonyl (C=O) groups excluding carboxylic acids is 1. The maximum atomic E-state index is 15.7. The summed E-state index contributed by atoms with van der Waals surface area (Å²) < 4.78 is 74.6. The summed E-state index contributed by atoms with van der Waals surface area (Å²) in [6.45, 7) is 4.27. The van der Waals surface area contributed by atoms with E-state index in [2.05, 4.69) is 31.0 Å². The topological polar surface area (TPSA) is 90.8 Å². The van der Waals surface area contributed by atoms with Crippen LogP contribution in [-0.4, -0.2) is 45.7 Å². The number of rotatable bonds is 3. The molecule has 4 heterocycles. The van der Waals surface area contributed by atoms with Gasteiger partial charge in [-0.3, -0.25) is 9.59 Å². The number of alkyl halides is 3. The van der Waals surface area contributed by atoms with E-state index in [4.69, 9.17) is 0 Å². The maximum absolute atomic E-state index is 15.7. The van der Waals surface area contributed by atoms with Gasteiger partial charge >= 0.3 is 6.18 Å². The number of hydrogen-bond donors (Lipinski definition) is 0. The molecule has 15 heteroatoms. The molecule has 1 aliphatic heterocycles. The zero-order valence-corrected chi connectivity index (χ0v) is 25.3. The Morgan fingerprint density at radius 1 is 1.11 bits per heavy atom. The molecule has 0 saturated heterocycles. The lowest BCUT2D eigenvalue weighted by Gasteiger charge is -2.34. The van der Waals surface area contributed by atoms with Crippen LogP contribution in [-0.2, 0) is 26.2 Å². The summed E-state index contributed by atoms with van der Waals surface area (Å²) in [7, 11) is 1.69. The highest BCUT2D eigenvalue weighted by Gasteiger charge is 2.36. The van der Waals surface area contributed by atoms with Gasteiger partial charge in [0.15, 0.2) is 5.82 Å². The molecule has 1 unspecified atom stereocenters. The number of hydrogen-bond acceptors (Lipinski definition) is 5. The molecule has 228 valence electrons. The summed E-state index contributed by atoms with van der Waals surface area (Å²) in [6.07, 6.45) is -3.22. The quantitative estimate of drug-likeness (QED) is 0.233. The minimum Gasteiger partial charge on any atom is -0.334 e. The van der Waals surface area contributed by atoms with Crippen molar-refractivity contribution in [2.24, 2.45) is 7.05 Å². The third-order valence-electron chi connectivity index (χ3n) is 7.80. The molecular weight excluding hydrogens is 653 g/mol. The largest absolute Gasteiger partial charge is 0.417 e. The van der Waals surface area contributed by atoms with E-state index in [0.717, 1.165) is 21.4 Å². The van der Waals surface area contributed by atoms with Crippen LogP contribution in [0.3, 0.4) is 0 Å². The van der Waals surface area contributed by atoms with E-state index in [-0.39, 0.29) is 57.3 Å². The molecule has 3 aromatic heterocycles. The van der Waals surface area contributed by atoms with Gasteiger partial charge in [-0.1, -0.05) is 15.9 Å². The van der Waals surface area contributed by atoms with Crippen LogP contribution in [0.25, 0.3) is 22.7 Å². The molecule has 0 N–H and O–H groups in total. The summed E-state index contributed by atoms with van der Waals surface area (Å²) in [6, 6.07) is 5.18. The smallest absolute Gasteiger partial charge is 0.334 e. The zero-order chi connectivity index (χ0) is 31.8. The van der Waals surface area contributed by atoms with Crippen LogP contribution in [0.4, 0.5) is 22.0 Å². The Kier molecular flexibility index (Phi) is 6.98. The zero-order valence-electron chi connectivity index (χ0n) is 23.7. The fraction of sp³-hybridized carbons (Fsp3) is 0.276. The Morgan fingerprint density at radius 3 is 2.50 bits per heavy atom. The van der Waals surface area contributed by atoms with Crippen LogP contribution >= 0.6 is 15.9 Å². The van der Waals surface area contributed by atoms with Crippen molar-refractivity contribution in [1.29, 1.82) is 0 Å². The molecule has 0 spiro atoms.